The fraction of sp³-hybridized carbons (Fsp3) is 0.562. The van der Waals surface area contributed by atoms with Gasteiger partial charge in [0, 0.05) is 37.2 Å². The number of nitrogens with one attached hydrogen (secondary N) is 3. The third kappa shape index (κ3) is 3.35. The molecule has 3 heterocycles. The molecule has 3 fully saturated rings. The Balaban J connectivity index is 0.00000156. The van der Waals surface area contributed by atoms with Crippen LogP contribution in [0, 0.1) is 11.8 Å². The lowest BCUT2D eigenvalue weighted by Gasteiger charge is -2.21. The second kappa shape index (κ2) is 6.95. The van der Waals surface area contributed by atoms with Gasteiger partial charge in [0.1, 0.15) is 6.04 Å². The first-order valence-electron chi connectivity index (χ1n) is 7.97. The second-order valence-corrected chi connectivity index (χ2v) is 7.04. The fourth-order valence-corrected chi connectivity index (χ4v) is 4.01. The molecule has 3 saturated heterocycles. The Labute approximate surface area is 147 Å². The van der Waals surface area contributed by atoms with Gasteiger partial charge in [-0.05, 0) is 36.0 Å². The predicted molar refractivity (Wildman–Crippen MR) is 92.5 cm³/mol. The summed E-state index contributed by atoms with van der Waals surface area (Å²) in [6, 6.07) is 7.84. The number of nitrogens with zero attached hydrogens (tertiary/aromatic N) is 1. The number of rotatable bonds is 2. The van der Waals surface area contributed by atoms with E-state index in [9.17, 15) is 4.79 Å². The zero-order chi connectivity index (χ0) is 15.1. The van der Waals surface area contributed by atoms with Crippen LogP contribution in [0.15, 0.2) is 24.3 Å². The minimum Gasteiger partial charge on any atom is -0.341 e. The van der Waals surface area contributed by atoms with E-state index in [0.717, 1.165) is 43.2 Å². The summed E-state index contributed by atoms with van der Waals surface area (Å²) in [4.78, 5) is 14.7. The molecule has 0 aliphatic carbocycles. The van der Waals surface area contributed by atoms with Crippen molar-refractivity contribution in [1.82, 2.24) is 21.1 Å². The van der Waals surface area contributed by atoms with E-state index in [0.29, 0.717) is 11.8 Å². The van der Waals surface area contributed by atoms with Crippen molar-refractivity contribution in [3.8, 4) is 0 Å². The fourth-order valence-electron chi connectivity index (χ4n) is 3.89. The molecule has 0 radical (unpaired) electrons. The number of hydrogen-bond acceptors (Lipinski definition) is 4. The standard InChI is InChI=1S/C16H21ClN4O.ClH/c17-13-3-1-10(2-4-13)14-5-15(20-19-14)16(22)21-8-11-6-18-7-12(11)9-21;/h1-4,11-12,14-15,18-20H,5-9H2;1H/t11-,12+,14?,15?;. The number of carbonyl (C=O) groups is 1. The van der Waals surface area contributed by atoms with Crippen molar-refractivity contribution in [2.45, 2.75) is 18.5 Å². The molecular weight excluding hydrogens is 335 g/mol. The quantitative estimate of drug-likeness (QED) is 0.748. The highest BCUT2D eigenvalue weighted by atomic mass is 35.5. The highest BCUT2D eigenvalue weighted by molar-refractivity contribution is 6.30. The van der Waals surface area contributed by atoms with Crippen molar-refractivity contribution in [3.63, 3.8) is 0 Å². The van der Waals surface area contributed by atoms with Crippen molar-refractivity contribution in [3.05, 3.63) is 34.9 Å². The molecule has 0 aromatic heterocycles. The topological polar surface area (TPSA) is 56.4 Å². The van der Waals surface area contributed by atoms with E-state index in [1.54, 1.807) is 0 Å². The molecule has 0 spiro atoms. The monoisotopic (exact) mass is 356 g/mol. The first kappa shape index (κ1) is 17.0. The van der Waals surface area contributed by atoms with Gasteiger partial charge in [-0.3, -0.25) is 4.79 Å². The van der Waals surface area contributed by atoms with Crippen LogP contribution in [0.25, 0.3) is 0 Å². The molecule has 3 N–H and O–H groups in total. The lowest BCUT2D eigenvalue weighted by atomic mass is 10.0. The molecule has 5 nitrogen and oxygen atoms in total. The minimum absolute atomic E-state index is 0. The van der Waals surface area contributed by atoms with Crippen LogP contribution in [0.5, 0.6) is 0 Å². The Morgan fingerprint density at radius 2 is 1.74 bits per heavy atom. The Hall–Kier alpha value is -0.850. The van der Waals surface area contributed by atoms with E-state index in [1.165, 1.54) is 0 Å². The van der Waals surface area contributed by atoms with Crippen LogP contribution in [0.2, 0.25) is 5.02 Å². The van der Waals surface area contributed by atoms with Crippen LogP contribution in [0.4, 0.5) is 0 Å². The number of benzene rings is 1. The number of hydrogen-bond donors (Lipinski definition) is 3. The highest BCUT2D eigenvalue weighted by Gasteiger charge is 2.41. The Kier molecular flexibility index (Phi) is 5.13. The summed E-state index contributed by atoms with van der Waals surface area (Å²) in [5.41, 5.74) is 7.58. The number of likely N-dealkylation sites (tertiary alicyclic amines) is 1. The zero-order valence-electron chi connectivity index (χ0n) is 12.8. The lowest BCUT2D eigenvalue weighted by Crippen LogP contribution is -2.45. The molecule has 0 saturated carbocycles. The minimum atomic E-state index is -0.132. The maximum atomic E-state index is 12.7. The second-order valence-electron chi connectivity index (χ2n) is 6.60. The van der Waals surface area contributed by atoms with Gasteiger partial charge in [-0.15, -0.1) is 12.4 Å². The largest absolute Gasteiger partial charge is 0.341 e. The Morgan fingerprint density at radius 1 is 1.09 bits per heavy atom. The molecule has 126 valence electrons. The van der Waals surface area contributed by atoms with Gasteiger partial charge in [0.2, 0.25) is 5.91 Å². The molecule has 7 heteroatoms. The summed E-state index contributed by atoms with van der Waals surface area (Å²) in [6.07, 6.45) is 0.782. The van der Waals surface area contributed by atoms with Crippen molar-refractivity contribution in [1.29, 1.82) is 0 Å². The van der Waals surface area contributed by atoms with Crippen molar-refractivity contribution < 1.29 is 4.79 Å². The summed E-state index contributed by atoms with van der Waals surface area (Å²) >= 11 is 5.93. The molecule has 3 aliphatic rings. The molecular formula is C16H22Cl2N4O. The van der Waals surface area contributed by atoms with Crippen LogP contribution >= 0.6 is 24.0 Å². The van der Waals surface area contributed by atoms with Gasteiger partial charge < -0.3 is 10.2 Å². The molecule has 2 unspecified atom stereocenters. The number of carbonyl (C=O) groups excluding carboxylic acids is 1. The maximum absolute atomic E-state index is 12.7. The Bertz CT molecular complexity index is 556. The van der Waals surface area contributed by atoms with Gasteiger partial charge in [-0.2, -0.15) is 0 Å². The third-order valence-corrected chi connectivity index (χ3v) is 5.43. The summed E-state index contributed by atoms with van der Waals surface area (Å²) < 4.78 is 0. The van der Waals surface area contributed by atoms with Crippen LogP contribution in [-0.2, 0) is 4.79 Å². The molecule has 4 atom stereocenters. The summed E-state index contributed by atoms with van der Waals surface area (Å²) in [7, 11) is 0. The molecule has 3 aliphatic heterocycles. The lowest BCUT2D eigenvalue weighted by molar-refractivity contribution is -0.132. The molecule has 4 rings (SSSR count). The van der Waals surface area contributed by atoms with Crippen molar-refractivity contribution in [2.75, 3.05) is 26.2 Å². The van der Waals surface area contributed by atoms with Crippen molar-refractivity contribution in [2.24, 2.45) is 11.8 Å². The number of hydrazine groups is 1. The molecule has 0 bridgehead atoms. The summed E-state index contributed by atoms with van der Waals surface area (Å²) in [6.45, 7) is 3.91. The van der Waals surface area contributed by atoms with Crippen LogP contribution in [0.3, 0.4) is 0 Å². The van der Waals surface area contributed by atoms with E-state index >= 15 is 0 Å². The Morgan fingerprint density at radius 3 is 2.39 bits per heavy atom. The SMILES string of the molecule is Cl.O=C(C1CC(c2ccc(Cl)cc2)NN1)N1C[C@H]2CNC[C@H]2C1. The average Bonchev–Trinajstić information content (AvgIpc) is 3.22. The van der Waals surface area contributed by atoms with Gasteiger partial charge in [0.05, 0.1) is 0 Å². The van der Waals surface area contributed by atoms with Gasteiger partial charge >= 0.3 is 0 Å². The maximum Gasteiger partial charge on any atom is 0.241 e. The smallest absolute Gasteiger partial charge is 0.241 e. The number of fused-ring (bicyclic) bond motifs is 1. The van der Waals surface area contributed by atoms with Crippen LogP contribution in [0.1, 0.15) is 18.0 Å². The first-order valence-corrected chi connectivity index (χ1v) is 8.34. The van der Waals surface area contributed by atoms with Gasteiger partial charge in [0.15, 0.2) is 0 Å². The van der Waals surface area contributed by atoms with Gasteiger partial charge in [0.25, 0.3) is 0 Å². The van der Waals surface area contributed by atoms with E-state index < -0.39 is 0 Å². The van der Waals surface area contributed by atoms with E-state index in [-0.39, 0.29) is 30.4 Å². The molecule has 1 aromatic rings. The van der Waals surface area contributed by atoms with E-state index in [2.05, 4.69) is 16.2 Å². The van der Waals surface area contributed by atoms with E-state index in [1.807, 2.05) is 29.2 Å². The highest BCUT2D eigenvalue weighted by Crippen LogP contribution is 2.29. The van der Waals surface area contributed by atoms with Gasteiger partial charge in [-0.25, -0.2) is 10.9 Å². The van der Waals surface area contributed by atoms with Gasteiger partial charge in [-0.1, -0.05) is 23.7 Å². The molecule has 1 aromatic carbocycles. The van der Waals surface area contributed by atoms with Crippen LogP contribution < -0.4 is 16.2 Å². The zero-order valence-corrected chi connectivity index (χ0v) is 14.4. The molecule has 1 amide bonds. The van der Waals surface area contributed by atoms with Crippen molar-refractivity contribution >= 4 is 29.9 Å². The normalized spacial score (nSPS) is 32.7. The third-order valence-electron chi connectivity index (χ3n) is 5.17. The van der Waals surface area contributed by atoms with Crippen LogP contribution in [-0.4, -0.2) is 43.0 Å². The number of halogens is 2. The first-order chi connectivity index (χ1) is 10.7. The average molecular weight is 357 g/mol. The number of amides is 1. The molecule has 23 heavy (non-hydrogen) atoms. The summed E-state index contributed by atoms with van der Waals surface area (Å²) in [5, 5.41) is 4.15. The van der Waals surface area contributed by atoms with E-state index in [4.69, 9.17) is 11.6 Å². The predicted octanol–water partition coefficient (Wildman–Crippen LogP) is 1.35. The summed E-state index contributed by atoms with van der Waals surface area (Å²) in [5.74, 6) is 1.52.